The number of rotatable bonds is 5. The van der Waals surface area contributed by atoms with Crippen LogP contribution in [-0.4, -0.2) is 50.1 Å². The minimum Gasteiger partial charge on any atom is -0.355 e. The average Bonchev–Trinajstić information content (AvgIpc) is 2.83. The highest BCUT2D eigenvalue weighted by atomic mass is 16.2. The third-order valence-corrected chi connectivity index (χ3v) is 3.48. The number of carbonyl (C=O) groups is 1. The van der Waals surface area contributed by atoms with Crippen molar-refractivity contribution in [3.63, 3.8) is 0 Å². The number of hydrogen-bond acceptors (Lipinski definition) is 3. The lowest BCUT2D eigenvalue weighted by molar-refractivity contribution is -0.122. The molecule has 0 saturated carbocycles. The molecule has 0 aromatic carbocycles. The van der Waals surface area contributed by atoms with Crippen molar-refractivity contribution in [2.45, 2.75) is 25.7 Å². The number of hydrogen-bond donors (Lipinski definition) is 2. The fourth-order valence-corrected chi connectivity index (χ4v) is 2.46. The molecule has 1 amide bonds. The van der Waals surface area contributed by atoms with Crippen molar-refractivity contribution in [3.05, 3.63) is 11.6 Å². The fraction of sp³-hybridized carbons (Fsp3) is 0.769. The van der Waals surface area contributed by atoms with E-state index in [-0.39, 0.29) is 5.91 Å². The summed E-state index contributed by atoms with van der Waals surface area (Å²) in [7, 11) is 0. The molecule has 17 heavy (non-hydrogen) atoms. The predicted molar refractivity (Wildman–Crippen MR) is 68.9 cm³/mol. The molecule has 2 aliphatic rings. The Balaban J connectivity index is 1.56. The maximum atomic E-state index is 11.7. The van der Waals surface area contributed by atoms with Crippen molar-refractivity contribution >= 4 is 5.91 Å². The molecule has 0 radical (unpaired) electrons. The second-order valence-corrected chi connectivity index (χ2v) is 4.88. The Hall–Kier alpha value is -0.870. The van der Waals surface area contributed by atoms with Gasteiger partial charge in [-0.05, 0) is 25.7 Å². The van der Waals surface area contributed by atoms with Crippen molar-refractivity contribution in [1.29, 1.82) is 0 Å². The van der Waals surface area contributed by atoms with Gasteiger partial charge in [0, 0.05) is 32.7 Å². The first-order valence-corrected chi connectivity index (χ1v) is 6.72. The third kappa shape index (κ3) is 4.48. The first kappa shape index (κ1) is 12.6. The first-order chi connectivity index (χ1) is 8.34. The van der Waals surface area contributed by atoms with Crippen LogP contribution in [0.5, 0.6) is 0 Å². The Morgan fingerprint density at radius 2 is 2.24 bits per heavy atom. The van der Waals surface area contributed by atoms with Crippen molar-refractivity contribution in [3.8, 4) is 0 Å². The molecule has 1 aliphatic heterocycles. The summed E-state index contributed by atoms with van der Waals surface area (Å²) < 4.78 is 0. The van der Waals surface area contributed by atoms with Gasteiger partial charge in [-0.3, -0.25) is 9.69 Å². The van der Waals surface area contributed by atoms with Gasteiger partial charge in [-0.15, -0.1) is 0 Å². The zero-order chi connectivity index (χ0) is 11.9. The molecular weight excluding hydrogens is 214 g/mol. The molecule has 1 fully saturated rings. The summed E-state index contributed by atoms with van der Waals surface area (Å²) >= 11 is 0. The minimum absolute atomic E-state index is 0.172. The zero-order valence-electron chi connectivity index (χ0n) is 10.5. The van der Waals surface area contributed by atoms with Crippen LogP contribution in [0.1, 0.15) is 25.7 Å². The molecule has 2 N–H and O–H groups in total. The van der Waals surface area contributed by atoms with Crippen molar-refractivity contribution in [2.75, 3.05) is 39.3 Å². The number of allylic oxidation sites excluding steroid dienone is 1. The quantitative estimate of drug-likeness (QED) is 0.685. The van der Waals surface area contributed by atoms with Gasteiger partial charge in [0.15, 0.2) is 0 Å². The van der Waals surface area contributed by atoms with Gasteiger partial charge < -0.3 is 10.6 Å². The Morgan fingerprint density at radius 3 is 2.94 bits per heavy atom. The van der Waals surface area contributed by atoms with Crippen LogP contribution < -0.4 is 10.6 Å². The van der Waals surface area contributed by atoms with E-state index in [2.05, 4.69) is 21.6 Å². The van der Waals surface area contributed by atoms with E-state index in [0.29, 0.717) is 6.54 Å². The van der Waals surface area contributed by atoms with Gasteiger partial charge in [-0.25, -0.2) is 0 Å². The molecule has 1 heterocycles. The minimum atomic E-state index is 0.172. The molecule has 1 saturated heterocycles. The highest BCUT2D eigenvalue weighted by molar-refractivity contribution is 5.78. The normalized spacial score (nSPS) is 21.3. The van der Waals surface area contributed by atoms with Gasteiger partial charge in [-0.1, -0.05) is 11.6 Å². The molecule has 0 bridgehead atoms. The Morgan fingerprint density at radius 1 is 1.41 bits per heavy atom. The van der Waals surface area contributed by atoms with Gasteiger partial charge in [0.2, 0.25) is 5.91 Å². The molecule has 0 unspecified atom stereocenters. The van der Waals surface area contributed by atoms with Crippen LogP contribution >= 0.6 is 0 Å². The van der Waals surface area contributed by atoms with Crippen LogP contribution in [-0.2, 0) is 4.79 Å². The van der Waals surface area contributed by atoms with E-state index in [1.807, 2.05) is 0 Å². The van der Waals surface area contributed by atoms with E-state index >= 15 is 0 Å². The molecule has 4 nitrogen and oxygen atoms in total. The van der Waals surface area contributed by atoms with Gasteiger partial charge in [0.1, 0.15) is 0 Å². The summed E-state index contributed by atoms with van der Waals surface area (Å²) in [6, 6.07) is 0. The van der Waals surface area contributed by atoms with Gasteiger partial charge in [0.05, 0.1) is 6.54 Å². The molecule has 0 spiro atoms. The highest BCUT2D eigenvalue weighted by Gasteiger charge is 2.13. The summed E-state index contributed by atoms with van der Waals surface area (Å²) in [6.45, 7) is 5.33. The Kier molecular flexibility index (Phi) is 5.01. The molecule has 4 heteroatoms. The maximum absolute atomic E-state index is 11.7. The van der Waals surface area contributed by atoms with E-state index in [9.17, 15) is 4.79 Å². The van der Waals surface area contributed by atoms with Crippen LogP contribution in [0.3, 0.4) is 0 Å². The SMILES string of the molecule is O=C(CN1CCNCC1)NCCC1=CCCC1. The summed E-state index contributed by atoms with van der Waals surface area (Å²) in [5, 5.41) is 6.30. The lowest BCUT2D eigenvalue weighted by Crippen LogP contribution is -2.47. The fourth-order valence-electron chi connectivity index (χ4n) is 2.46. The number of nitrogens with zero attached hydrogens (tertiary/aromatic N) is 1. The number of piperazine rings is 1. The summed E-state index contributed by atoms with van der Waals surface area (Å²) in [6.07, 6.45) is 7.11. The second-order valence-electron chi connectivity index (χ2n) is 4.88. The maximum Gasteiger partial charge on any atom is 0.234 e. The van der Waals surface area contributed by atoms with Crippen LogP contribution in [0.25, 0.3) is 0 Å². The summed E-state index contributed by atoms with van der Waals surface area (Å²) in [5.41, 5.74) is 1.52. The first-order valence-electron chi connectivity index (χ1n) is 6.72. The van der Waals surface area contributed by atoms with E-state index in [4.69, 9.17) is 0 Å². The largest absolute Gasteiger partial charge is 0.355 e. The Bertz CT molecular complexity index is 282. The van der Waals surface area contributed by atoms with Gasteiger partial charge >= 0.3 is 0 Å². The lowest BCUT2D eigenvalue weighted by Gasteiger charge is -2.26. The van der Waals surface area contributed by atoms with Crippen molar-refractivity contribution in [2.24, 2.45) is 0 Å². The van der Waals surface area contributed by atoms with Crippen LogP contribution in [0.2, 0.25) is 0 Å². The van der Waals surface area contributed by atoms with E-state index in [1.54, 1.807) is 0 Å². The molecule has 96 valence electrons. The third-order valence-electron chi connectivity index (χ3n) is 3.48. The van der Waals surface area contributed by atoms with Gasteiger partial charge in [0.25, 0.3) is 0 Å². The van der Waals surface area contributed by atoms with Crippen molar-refractivity contribution in [1.82, 2.24) is 15.5 Å². The lowest BCUT2D eigenvalue weighted by atomic mass is 10.2. The number of nitrogens with one attached hydrogen (secondary N) is 2. The van der Waals surface area contributed by atoms with Crippen LogP contribution in [0.15, 0.2) is 11.6 Å². The molecule has 0 aromatic rings. The monoisotopic (exact) mass is 237 g/mol. The standard InChI is InChI=1S/C13H23N3O/c17-13(11-16-9-7-14-8-10-16)15-6-5-12-3-1-2-4-12/h3,14H,1-2,4-11H2,(H,15,17). The highest BCUT2D eigenvalue weighted by Crippen LogP contribution is 2.19. The van der Waals surface area contributed by atoms with E-state index < -0.39 is 0 Å². The van der Waals surface area contributed by atoms with Crippen LogP contribution in [0.4, 0.5) is 0 Å². The Labute approximate surface area is 103 Å². The number of amides is 1. The molecule has 0 atom stereocenters. The van der Waals surface area contributed by atoms with E-state index in [0.717, 1.165) is 39.1 Å². The summed E-state index contributed by atoms with van der Waals surface area (Å²) in [4.78, 5) is 13.9. The zero-order valence-corrected chi connectivity index (χ0v) is 10.5. The van der Waals surface area contributed by atoms with Crippen LogP contribution in [0, 0.1) is 0 Å². The average molecular weight is 237 g/mol. The topological polar surface area (TPSA) is 44.4 Å². The van der Waals surface area contributed by atoms with Crippen molar-refractivity contribution < 1.29 is 4.79 Å². The smallest absolute Gasteiger partial charge is 0.234 e. The van der Waals surface area contributed by atoms with Gasteiger partial charge in [-0.2, -0.15) is 0 Å². The van der Waals surface area contributed by atoms with E-state index in [1.165, 1.54) is 24.8 Å². The summed E-state index contributed by atoms with van der Waals surface area (Å²) in [5.74, 6) is 0.172. The number of carbonyl (C=O) groups excluding carboxylic acids is 1. The molecule has 1 aliphatic carbocycles. The molecular formula is C13H23N3O. The molecule has 0 aromatic heterocycles. The predicted octanol–water partition coefficient (Wildman–Crippen LogP) is 0.508. The molecule has 2 rings (SSSR count). The second kappa shape index (κ2) is 6.77.